The van der Waals surface area contributed by atoms with E-state index in [0.29, 0.717) is 11.8 Å². The zero-order valence-corrected chi connectivity index (χ0v) is 11.2. The van der Waals surface area contributed by atoms with Gasteiger partial charge in [-0.3, -0.25) is 0 Å². The van der Waals surface area contributed by atoms with Gasteiger partial charge in [-0.1, -0.05) is 25.2 Å². The van der Waals surface area contributed by atoms with Crippen LogP contribution in [-0.4, -0.2) is 10.7 Å². The highest BCUT2D eigenvalue weighted by molar-refractivity contribution is 5.12. The van der Waals surface area contributed by atoms with Crippen molar-refractivity contribution >= 4 is 0 Å². The molecule has 1 N–H and O–H groups in total. The van der Waals surface area contributed by atoms with Crippen LogP contribution in [0, 0.1) is 17.3 Å². The highest BCUT2D eigenvalue weighted by Gasteiger charge is 2.42. The van der Waals surface area contributed by atoms with Crippen LogP contribution in [0.2, 0.25) is 0 Å². The minimum Gasteiger partial charge on any atom is -0.390 e. The zero-order valence-electron chi connectivity index (χ0n) is 11.2. The Balaban J connectivity index is 2.90. The topological polar surface area (TPSA) is 20.2 Å². The molecule has 1 fully saturated rings. The van der Waals surface area contributed by atoms with Crippen molar-refractivity contribution in [2.75, 3.05) is 0 Å². The van der Waals surface area contributed by atoms with Gasteiger partial charge in [0.25, 0.3) is 0 Å². The first kappa shape index (κ1) is 13.5. The molecule has 0 aromatic carbocycles. The average Bonchev–Trinajstić information content (AvgIpc) is 2.16. The second-order valence-corrected chi connectivity index (χ2v) is 6.23. The van der Waals surface area contributed by atoms with E-state index in [9.17, 15) is 5.11 Å². The minimum absolute atomic E-state index is 0.160. The summed E-state index contributed by atoms with van der Waals surface area (Å²) in [5, 5.41) is 10.1. The summed E-state index contributed by atoms with van der Waals surface area (Å²) in [4.78, 5) is 0. The van der Waals surface area contributed by atoms with Crippen molar-refractivity contribution in [1.29, 1.82) is 0 Å². The van der Waals surface area contributed by atoms with Crippen LogP contribution in [0.1, 0.15) is 47.0 Å². The van der Waals surface area contributed by atoms with Crippen LogP contribution in [0.15, 0.2) is 24.8 Å². The van der Waals surface area contributed by atoms with E-state index in [1.54, 1.807) is 0 Å². The van der Waals surface area contributed by atoms with Crippen LogP contribution in [0.25, 0.3) is 0 Å². The average molecular weight is 222 g/mol. The SMILES string of the molecule is C=C[C@@]1(C)CC[C@@H](C(C)(C)O)C[C@H]1C(=C)C. The van der Waals surface area contributed by atoms with E-state index in [0.717, 1.165) is 19.3 Å². The first-order valence-corrected chi connectivity index (χ1v) is 6.22. The lowest BCUT2D eigenvalue weighted by Gasteiger charge is -2.46. The molecule has 1 rings (SSSR count). The van der Waals surface area contributed by atoms with Crippen LogP contribution in [0.3, 0.4) is 0 Å². The molecule has 16 heavy (non-hydrogen) atoms. The van der Waals surface area contributed by atoms with Gasteiger partial charge in [0.2, 0.25) is 0 Å². The lowest BCUT2D eigenvalue weighted by Crippen LogP contribution is -2.41. The fraction of sp³-hybridized carbons (Fsp3) is 0.733. The Labute approximate surface area is 100 Å². The van der Waals surface area contributed by atoms with E-state index >= 15 is 0 Å². The molecule has 0 aromatic heterocycles. The third kappa shape index (κ3) is 2.57. The molecule has 92 valence electrons. The number of hydrogen-bond acceptors (Lipinski definition) is 1. The molecular formula is C15H26O. The predicted octanol–water partition coefficient (Wildman–Crippen LogP) is 3.94. The van der Waals surface area contributed by atoms with Crippen molar-refractivity contribution in [2.45, 2.75) is 52.6 Å². The van der Waals surface area contributed by atoms with Crippen molar-refractivity contribution in [2.24, 2.45) is 17.3 Å². The molecular weight excluding hydrogens is 196 g/mol. The van der Waals surface area contributed by atoms with Gasteiger partial charge in [0, 0.05) is 0 Å². The Morgan fingerprint density at radius 2 is 2.06 bits per heavy atom. The Bertz CT molecular complexity index is 284. The Kier molecular flexibility index (Phi) is 3.69. The summed E-state index contributed by atoms with van der Waals surface area (Å²) in [5.41, 5.74) is 0.806. The summed E-state index contributed by atoms with van der Waals surface area (Å²) < 4.78 is 0. The Morgan fingerprint density at radius 3 is 2.44 bits per heavy atom. The van der Waals surface area contributed by atoms with E-state index in [4.69, 9.17) is 0 Å². The summed E-state index contributed by atoms with van der Waals surface area (Å²) in [6, 6.07) is 0. The second-order valence-electron chi connectivity index (χ2n) is 6.23. The van der Waals surface area contributed by atoms with E-state index in [1.807, 2.05) is 13.8 Å². The highest BCUT2D eigenvalue weighted by Crippen LogP contribution is 2.49. The van der Waals surface area contributed by atoms with Crippen LogP contribution in [0.5, 0.6) is 0 Å². The van der Waals surface area contributed by atoms with Gasteiger partial charge >= 0.3 is 0 Å². The van der Waals surface area contributed by atoms with Gasteiger partial charge in [0.1, 0.15) is 0 Å². The quantitative estimate of drug-likeness (QED) is 0.717. The van der Waals surface area contributed by atoms with Gasteiger partial charge in [0.05, 0.1) is 5.60 Å². The molecule has 0 saturated heterocycles. The molecule has 0 radical (unpaired) electrons. The molecule has 1 nitrogen and oxygen atoms in total. The van der Waals surface area contributed by atoms with E-state index < -0.39 is 5.60 Å². The molecule has 0 aromatic rings. The fourth-order valence-electron chi connectivity index (χ4n) is 2.98. The van der Waals surface area contributed by atoms with Gasteiger partial charge in [-0.05, 0) is 57.3 Å². The lowest BCUT2D eigenvalue weighted by atomic mass is 9.60. The summed E-state index contributed by atoms with van der Waals surface area (Å²) in [6.07, 6.45) is 5.28. The molecule has 0 bridgehead atoms. The van der Waals surface area contributed by atoms with Crippen LogP contribution in [-0.2, 0) is 0 Å². The Hall–Kier alpha value is -0.560. The van der Waals surface area contributed by atoms with Gasteiger partial charge in [0.15, 0.2) is 0 Å². The molecule has 0 spiro atoms. The van der Waals surface area contributed by atoms with Gasteiger partial charge < -0.3 is 5.11 Å². The summed E-state index contributed by atoms with van der Waals surface area (Å²) in [6.45, 7) is 16.3. The molecule has 1 saturated carbocycles. The first-order valence-electron chi connectivity index (χ1n) is 6.22. The van der Waals surface area contributed by atoms with Gasteiger partial charge in [-0.2, -0.15) is 0 Å². The molecule has 3 atom stereocenters. The molecule has 1 aliphatic rings. The maximum atomic E-state index is 10.1. The van der Waals surface area contributed by atoms with Crippen molar-refractivity contribution in [3.63, 3.8) is 0 Å². The number of aliphatic hydroxyl groups is 1. The predicted molar refractivity (Wildman–Crippen MR) is 70.2 cm³/mol. The van der Waals surface area contributed by atoms with Gasteiger partial charge in [-0.15, -0.1) is 6.58 Å². The molecule has 0 heterocycles. The fourth-order valence-corrected chi connectivity index (χ4v) is 2.98. The number of allylic oxidation sites excluding steroid dienone is 2. The number of hydrogen-bond donors (Lipinski definition) is 1. The maximum Gasteiger partial charge on any atom is 0.0620 e. The maximum absolute atomic E-state index is 10.1. The smallest absolute Gasteiger partial charge is 0.0620 e. The van der Waals surface area contributed by atoms with Crippen molar-refractivity contribution in [1.82, 2.24) is 0 Å². The van der Waals surface area contributed by atoms with Gasteiger partial charge in [-0.25, -0.2) is 0 Å². The van der Waals surface area contributed by atoms with Crippen LogP contribution in [0.4, 0.5) is 0 Å². The molecule has 0 aliphatic heterocycles. The third-order valence-corrected chi connectivity index (χ3v) is 4.41. The van der Waals surface area contributed by atoms with Crippen LogP contribution >= 0.6 is 0 Å². The summed E-state index contributed by atoms with van der Waals surface area (Å²) in [5.74, 6) is 0.831. The monoisotopic (exact) mass is 222 g/mol. The van der Waals surface area contributed by atoms with Crippen LogP contribution < -0.4 is 0 Å². The second kappa shape index (κ2) is 4.37. The minimum atomic E-state index is -0.573. The molecule has 0 unspecified atom stereocenters. The third-order valence-electron chi connectivity index (χ3n) is 4.41. The van der Waals surface area contributed by atoms with Crippen molar-refractivity contribution < 1.29 is 5.11 Å². The zero-order chi connectivity index (χ0) is 12.6. The highest BCUT2D eigenvalue weighted by atomic mass is 16.3. The Morgan fingerprint density at radius 1 is 1.50 bits per heavy atom. The molecule has 1 heteroatoms. The largest absolute Gasteiger partial charge is 0.390 e. The summed E-state index contributed by atoms with van der Waals surface area (Å²) >= 11 is 0. The standard InChI is InChI=1S/C15H26O/c1-7-15(6)9-8-12(14(4,5)16)10-13(15)11(2)3/h7,12-13,16H,1-2,8-10H2,3-6H3/t12-,13+,15+/m1/s1. The van der Waals surface area contributed by atoms with E-state index in [2.05, 4.69) is 33.1 Å². The van der Waals surface area contributed by atoms with E-state index in [-0.39, 0.29) is 5.41 Å². The van der Waals surface area contributed by atoms with Crippen molar-refractivity contribution in [3.8, 4) is 0 Å². The summed E-state index contributed by atoms with van der Waals surface area (Å²) in [7, 11) is 0. The molecule has 0 amide bonds. The lowest BCUT2D eigenvalue weighted by molar-refractivity contribution is -0.0244. The molecule has 1 aliphatic carbocycles. The first-order chi connectivity index (χ1) is 7.20. The van der Waals surface area contributed by atoms with E-state index in [1.165, 1.54) is 5.57 Å². The number of rotatable bonds is 3. The normalized spacial score (nSPS) is 35.8. The van der Waals surface area contributed by atoms with Crippen molar-refractivity contribution in [3.05, 3.63) is 24.8 Å².